The van der Waals surface area contributed by atoms with Crippen molar-refractivity contribution in [3.63, 3.8) is 0 Å². The van der Waals surface area contributed by atoms with Gasteiger partial charge in [-0.15, -0.1) is 0 Å². The van der Waals surface area contributed by atoms with E-state index in [0.717, 1.165) is 16.6 Å². The van der Waals surface area contributed by atoms with Crippen LogP contribution in [-0.2, 0) is 4.79 Å². The SMILES string of the molecule is COc1cc(C=c2sc3nc4ccccc4n3c2=O)ccc1O[C@@H](C)C(=O)O. The summed E-state index contributed by atoms with van der Waals surface area (Å²) in [6, 6.07) is 12.6. The number of carboxylic acid groups (broad SMARTS) is 1. The van der Waals surface area contributed by atoms with E-state index in [1.165, 1.54) is 25.4 Å². The summed E-state index contributed by atoms with van der Waals surface area (Å²) in [5.41, 5.74) is 2.17. The van der Waals surface area contributed by atoms with Crippen molar-refractivity contribution in [1.82, 2.24) is 9.38 Å². The maximum atomic E-state index is 12.8. The van der Waals surface area contributed by atoms with Crippen molar-refractivity contribution in [2.24, 2.45) is 0 Å². The minimum atomic E-state index is -1.07. The lowest BCUT2D eigenvalue weighted by molar-refractivity contribution is -0.144. The number of ether oxygens (including phenoxy) is 2. The second-order valence-electron chi connectivity index (χ2n) is 6.14. The molecule has 0 bridgehead atoms. The van der Waals surface area contributed by atoms with Crippen molar-refractivity contribution >= 4 is 39.4 Å². The van der Waals surface area contributed by atoms with Crippen LogP contribution in [-0.4, -0.2) is 33.7 Å². The fourth-order valence-corrected chi connectivity index (χ4v) is 3.86. The first kappa shape index (κ1) is 18.0. The number of aromatic nitrogens is 2. The van der Waals surface area contributed by atoms with E-state index >= 15 is 0 Å². The molecule has 0 fully saturated rings. The zero-order valence-corrected chi connectivity index (χ0v) is 15.9. The Morgan fingerprint density at radius 1 is 1.25 bits per heavy atom. The molecule has 8 heteroatoms. The predicted octanol–water partition coefficient (Wildman–Crippen LogP) is 2.32. The van der Waals surface area contributed by atoms with E-state index in [4.69, 9.17) is 14.6 Å². The smallest absolute Gasteiger partial charge is 0.344 e. The molecule has 0 aliphatic heterocycles. The van der Waals surface area contributed by atoms with Crippen LogP contribution < -0.4 is 19.6 Å². The molecule has 142 valence electrons. The summed E-state index contributed by atoms with van der Waals surface area (Å²) in [5.74, 6) is -0.354. The fourth-order valence-electron chi connectivity index (χ4n) is 2.88. The first-order valence-corrected chi connectivity index (χ1v) is 9.29. The number of hydrogen-bond donors (Lipinski definition) is 1. The Bertz CT molecular complexity index is 1310. The van der Waals surface area contributed by atoms with Gasteiger partial charge in [-0.25, -0.2) is 14.2 Å². The fraction of sp³-hybridized carbons (Fsp3) is 0.150. The molecule has 0 spiro atoms. The van der Waals surface area contributed by atoms with Gasteiger partial charge >= 0.3 is 5.97 Å². The summed E-state index contributed by atoms with van der Waals surface area (Å²) in [7, 11) is 1.47. The van der Waals surface area contributed by atoms with Crippen LogP contribution in [0.5, 0.6) is 11.5 Å². The van der Waals surface area contributed by atoms with Crippen LogP contribution in [0.2, 0.25) is 0 Å². The Hall–Kier alpha value is -3.39. The number of carbonyl (C=O) groups is 1. The number of methoxy groups -OCH3 is 1. The van der Waals surface area contributed by atoms with Crippen molar-refractivity contribution in [2.75, 3.05) is 7.11 Å². The second kappa shape index (κ2) is 6.97. The van der Waals surface area contributed by atoms with Gasteiger partial charge in [0.05, 0.1) is 22.7 Å². The van der Waals surface area contributed by atoms with Crippen molar-refractivity contribution in [3.8, 4) is 11.5 Å². The maximum Gasteiger partial charge on any atom is 0.344 e. The molecule has 1 atom stereocenters. The zero-order valence-electron chi connectivity index (χ0n) is 15.1. The van der Waals surface area contributed by atoms with E-state index in [1.54, 1.807) is 28.7 Å². The molecule has 2 aromatic heterocycles. The van der Waals surface area contributed by atoms with Gasteiger partial charge in [0.15, 0.2) is 22.6 Å². The van der Waals surface area contributed by atoms with Gasteiger partial charge in [0.2, 0.25) is 0 Å². The molecular formula is C20H16N2O5S. The molecule has 4 rings (SSSR count). The summed E-state index contributed by atoms with van der Waals surface area (Å²) < 4.78 is 12.9. The highest BCUT2D eigenvalue weighted by Gasteiger charge is 2.16. The van der Waals surface area contributed by atoms with Crippen LogP contribution in [0.25, 0.3) is 22.1 Å². The van der Waals surface area contributed by atoms with E-state index in [-0.39, 0.29) is 5.56 Å². The number of rotatable bonds is 5. The Morgan fingerprint density at radius 2 is 2.04 bits per heavy atom. The third-order valence-corrected chi connectivity index (χ3v) is 5.25. The summed E-state index contributed by atoms with van der Waals surface area (Å²) in [6.07, 6.45) is 0.749. The Labute approximate surface area is 163 Å². The number of thiazole rings is 1. The highest BCUT2D eigenvalue weighted by Crippen LogP contribution is 2.29. The highest BCUT2D eigenvalue weighted by molar-refractivity contribution is 7.15. The molecule has 0 aliphatic carbocycles. The van der Waals surface area contributed by atoms with E-state index < -0.39 is 12.1 Å². The number of nitrogens with zero attached hydrogens (tertiary/aromatic N) is 2. The minimum absolute atomic E-state index is 0.132. The van der Waals surface area contributed by atoms with Crippen LogP contribution in [0.4, 0.5) is 0 Å². The normalized spacial score (nSPS) is 13.1. The quantitative estimate of drug-likeness (QED) is 0.557. The molecule has 0 radical (unpaired) electrons. The van der Waals surface area contributed by atoms with Gasteiger partial charge in [-0.2, -0.15) is 0 Å². The number of aliphatic carboxylic acids is 1. The van der Waals surface area contributed by atoms with Crippen LogP contribution in [0.15, 0.2) is 47.3 Å². The molecule has 0 saturated carbocycles. The monoisotopic (exact) mass is 396 g/mol. The Morgan fingerprint density at radius 3 is 2.79 bits per heavy atom. The number of carboxylic acids is 1. The molecule has 2 heterocycles. The van der Waals surface area contributed by atoms with Crippen molar-refractivity contribution < 1.29 is 19.4 Å². The molecule has 2 aromatic carbocycles. The Kier molecular flexibility index (Phi) is 4.48. The second-order valence-corrected chi connectivity index (χ2v) is 7.15. The lowest BCUT2D eigenvalue weighted by atomic mass is 10.2. The number of hydrogen-bond acceptors (Lipinski definition) is 6. The number of para-hydroxylation sites is 2. The van der Waals surface area contributed by atoms with E-state index in [2.05, 4.69) is 4.98 Å². The lowest BCUT2D eigenvalue weighted by Crippen LogP contribution is -2.23. The summed E-state index contributed by atoms with van der Waals surface area (Å²) in [6.45, 7) is 1.44. The molecule has 1 N–H and O–H groups in total. The van der Waals surface area contributed by atoms with Gasteiger partial charge in [0, 0.05) is 0 Å². The van der Waals surface area contributed by atoms with Crippen molar-refractivity contribution in [1.29, 1.82) is 0 Å². The minimum Gasteiger partial charge on any atom is -0.493 e. The molecule has 28 heavy (non-hydrogen) atoms. The predicted molar refractivity (Wildman–Crippen MR) is 106 cm³/mol. The largest absolute Gasteiger partial charge is 0.493 e. The van der Waals surface area contributed by atoms with Gasteiger partial charge in [-0.3, -0.25) is 4.79 Å². The summed E-state index contributed by atoms with van der Waals surface area (Å²) >= 11 is 1.31. The average Bonchev–Trinajstić information content (AvgIpc) is 3.19. The van der Waals surface area contributed by atoms with Crippen LogP contribution >= 0.6 is 11.3 Å². The zero-order chi connectivity index (χ0) is 19.8. The Balaban J connectivity index is 1.77. The third kappa shape index (κ3) is 3.07. The van der Waals surface area contributed by atoms with Crippen LogP contribution in [0.1, 0.15) is 12.5 Å². The first-order chi connectivity index (χ1) is 13.5. The molecule has 0 unspecified atom stereocenters. The van der Waals surface area contributed by atoms with Crippen molar-refractivity contribution in [3.05, 3.63) is 62.9 Å². The van der Waals surface area contributed by atoms with Crippen molar-refractivity contribution in [2.45, 2.75) is 13.0 Å². The maximum absolute atomic E-state index is 12.8. The molecule has 0 saturated heterocycles. The molecule has 0 amide bonds. The molecule has 0 aliphatic rings. The van der Waals surface area contributed by atoms with Gasteiger partial charge in [-0.05, 0) is 42.8 Å². The topological polar surface area (TPSA) is 90.1 Å². The average molecular weight is 396 g/mol. The molecule has 7 nitrogen and oxygen atoms in total. The highest BCUT2D eigenvalue weighted by atomic mass is 32.1. The summed E-state index contributed by atoms with van der Waals surface area (Å²) in [4.78, 5) is 29.0. The third-order valence-electron chi connectivity index (χ3n) is 4.28. The number of benzene rings is 2. The van der Waals surface area contributed by atoms with E-state index in [1.807, 2.05) is 24.3 Å². The first-order valence-electron chi connectivity index (χ1n) is 8.47. The lowest BCUT2D eigenvalue weighted by Gasteiger charge is -2.14. The summed E-state index contributed by atoms with van der Waals surface area (Å²) in [5, 5.41) is 9.00. The molecular weight excluding hydrogens is 380 g/mol. The number of fused-ring (bicyclic) bond motifs is 3. The van der Waals surface area contributed by atoms with Gasteiger partial charge < -0.3 is 14.6 Å². The van der Waals surface area contributed by atoms with Gasteiger partial charge in [-0.1, -0.05) is 29.5 Å². The van der Waals surface area contributed by atoms with Gasteiger partial charge in [0.1, 0.15) is 0 Å². The van der Waals surface area contributed by atoms with E-state index in [0.29, 0.717) is 21.0 Å². The standard InChI is InChI=1S/C20H16N2O5S/c1-11(19(24)25)27-15-8-7-12(9-16(15)26-2)10-17-18(23)22-14-6-4-3-5-13(14)21-20(22)28-17/h3-11H,1-2H3,(H,24,25)/t11-/m0/s1. The molecule has 4 aromatic rings. The van der Waals surface area contributed by atoms with Gasteiger partial charge in [0.25, 0.3) is 5.56 Å². The number of imidazole rings is 1. The van der Waals surface area contributed by atoms with Crippen LogP contribution in [0.3, 0.4) is 0 Å². The van der Waals surface area contributed by atoms with E-state index in [9.17, 15) is 9.59 Å². The van der Waals surface area contributed by atoms with Crippen LogP contribution in [0, 0.1) is 0 Å².